The number of amides is 1. The molecular weight excluding hydrogens is 528 g/mol. The number of hydrogen-bond acceptors (Lipinski definition) is 9. The molecule has 0 radical (unpaired) electrons. The monoisotopic (exact) mass is 553 g/mol. The van der Waals surface area contributed by atoms with Crippen molar-refractivity contribution >= 4 is 17.5 Å². The molecule has 17 heteroatoms. The van der Waals surface area contributed by atoms with E-state index in [0.717, 1.165) is 6.20 Å². The third kappa shape index (κ3) is 7.31. The van der Waals surface area contributed by atoms with Crippen molar-refractivity contribution in [1.29, 1.82) is 0 Å². The minimum Gasteiger partial charge on any atom is -0.381 e. The number of carbonyl (C=O) groups excluding carboxylic acids is 1. The molecule has 0 spiro atoms. The van der Waals surface area contributed by atoms with Crippen molar-refractivity contribution in [2.45, 2.75) is 37.8 Å². The largest absolute Gasteiger partial charge is 0.423 e. The van der Waals surface area contributed by atoms with Crippen LogP contribution in [0.2, 0.25) is 0 Å². The van der Waals surface area contributed by atoms with Crippen LogP contribution >= 0.6 is 0 Å². The van der Waals surface area contributed by atoms with Gasteiger partial charge in [-0.2, -0.15) is 31.4 Å². The molecule has 1 saturated heterocycles. The molecule has 210 valence electrons. The van der Waals surface area contributed by atoms with Gasteiger partial charge in [0.25, 0.3) is 11.5 Å². The van der Waals surface area contributed by atoms with E-state index in [1.807, 2.05) is 0 Å². The lowest BCUT2D eigenvalue weighted by atomic mass is 10.2. The number of nitrogens with zero attached hydrogens (tertiary/aromatic N) is 5. The Bertz CT molecular complexity index is 1130. The number of anilines is 2. The molecule has 3 heterocycles. The number of ether oxygens (including phenoxy) is 1. The molecule has 2 aromatic heterocycles. The molecule has 1 aliphatic rings. The Labute approximate surface area is 211 Å². The quantitative estimate of drug-likeness (QED) is 0.395. The van der Waals surface area contributed by atoms with E-state index in [4.69, 9.17) is 4.74 Å². The van der Waals surface area contributed by atoms with Gasteiger partial charge in [0.1, 0.15) is 5.56 Å². The number of carbonyl (C=O) groups is 1. The van der Waals surface area contributed by atoms with Crippen LogP contribution in [-0.4, -0.2) is 87.6 Å². The van der Waals surface area contributed by atoms with Crippen LogP contribution in [0.15, 0.2) is 23.4 Å². The van der Waals surface area contributed by atoms with Gasteiger partial charge in [0, 0.05) is 44.6 Å². The van der Waals surface area contributed by atoms with Gasteiger partial charge in [0.2, 0.25) is 5.95 Å². The maximum absolute atomic E-state index is 13.2. The molecule has 0 saturated carbocycles. The first-order valence-electron chi connectivity index (χ1n) is 11.4. The minimum absolute atomic E-state index is 0.0800. The van der Waals surface area contributed by atoms with Crippen LogP contribution < -0.4 is 15.8 Å². The summed E-state index contributed by atoms with van der Waals surface area (Å²) >= 11 is 0. The molecule has 0 aromatic carbocycles. The normalized spacial score (nSPS) is 16.3. The zero-order chi connectivity index (χ0) is 28.1. The fourth-order valence-electron chi connectivity index (χ4n) is 3.63. The van der Waals surface area contributed by atoms with E-state index < -0.39 is 59.4 Å². The maximum atomic E-state index is 13.2. The lowest BCUT2D eigenvalue weighted by Crippen LogP contribution is -2.52. The molecule has 2 atom stereocenters. The summed E-state index contributed by atoms with van der Waals surface area (Å²) in [5, 5.41) is 17.9. The highest BCUT2D eigenvalue weighted by Gasteiger charge is 2.38. The summed E-state index contributed by atoms with van der Waals surface area (Å²) in [6.07, 6.45) is -8.54. The zero-order valence-corrected chi connectivity index (χ0v) is 20.0. The van der Waals surface area contributed by atoms with Crippen molar-refractivity contribution in [1.82, 2.24) is 25.1 Å². The number of rotatable bonds is 9. The van der Waals surface area contributed by atoms with Gasteiger partial charge >= 0.3 is 12.4 Å². The Hall–Kier alpha value is -3.47. The molecule has 38 heavy (non-hydrogen) atoms. The highest BCUT2D eigenvalue weighted by Crippen LogP contribution is 2.32. The van der Waals surface area contributed by atoms with Crippen molar-refractivity contribution in [3.8, 4) is 0 Å². The van der Waals surface area contributed by atoms with Gasteiger partial charge in [-0.3, -0.25) is 9.59 Å². The van der Waals surface area contributed by atoms with Crippen LogP contribution in [0.1, 0.15) is 24.5 Å². The summed E-state index contributed by atoms with van der Waals surface area (Å²) in [4.78, 5) is 34.6. The molecule has 11 nitrogen and oxygen atoms in total. The molecule has 1 unspecified atom stereocenters. The van der Waals surface area contributed by atoms with E-state index in [1.165, 1.54) is 4.90 Å². The van der Waals surface area contributed by atoms with Crippen molar-refractivity contribution in [3.63, 3.8) is 0 Å². The van der Waals surface area contributed by atoms with E-state index in [-0.39, 0.29) is 38.7 Å². The SMILES string of the molecule is CC[C@@H](COCC(O)C(=O)N1CCN(c2ncc(C(F)(F)F)cn2)CC1)Nc1cn[nH]c(=O)c1C(F)(F)F. The third-order valence-corrected chi connectivity index (χ3v) is 5.71. The number of aliphatic hydroxyl groups excluding tert-OH is 1. The van der Waals surface area contributed by atoms with E-state index >= 15 is 0 Å². The number of H-pyrrole nitrogens is 1. The summed E-state index contributed by atoms with van der Waals surface area (Å²) in [5.41, 5.74) is -4.33. The zero-order valence-electron chi connectivity index (χ0n) is 20.0. The molecule has 3 N–H and O–H groups in total. The first-order chi connectivity index (χ1) is 17.8. The Balaban J connectivity index is 1.47. The fourth-order valence-corrected chi connectivity index (χ4v) is 3.63. The Kier molecular flexibility index (Phi) is 9.14. The van der Waals surface area contributed by atoms with Crippen molar-refractivity contribution in [2.75, 3.05) is 49.6 Å². The number of aromatic amines is 1. The number of nitrogens with one attached hydrogen (secondary N) is 2. The predicted octanol–water partition coefficient (Wildman–Crippen LogP) is 1.51. The number of halogens is 6. The van der Waals surface area contributed by atoms with Crippen LogP contribution in [0.5, 0.6) is 0 Å². The van der Waals surface area contributed by atoms with Gasteiger partial charge in [0.05, 0.1) is 30.7 Å². The highest BCUT2D eigenvalue weighted by molar-refractivity contribution is 5.81. The Morgan fingerprint density at radius 3 is 2.26 bits per heavy atom. The second-order valence-corrected chi connectivity index (χ2v) is 8.37. The summed E-state index contributed by atoms with van der Waals surface area (Å²) in [6, 6.07) is -0.686. The first-order valence-corrected chi connectivity index (χ1v) is 11.4. The number of hydrogen-bond donors (Lipinski definition) is 3. The van der Waals surface area contributed by atoms with E-state index in [2.05, 4.69) is 20.4 Å². The van der Waals surface area contributed by atoms with Gasteiger partial charge in [-0.05, 0) is 6.42 Å². The van der Waals surface area contributed by atoms with Crippen LogP contribution in [0.3, 0.4) is 0 Å². The van der Waals surface area contributed by atoms with Gasteiger partial charge in [-0.25, -0.2) is 15.1 Å². The third-order valence-electron chi connectivity index (χ3n) is 5.71. The van der Waals surface area contributed by atoms with Crippen LogP contribution in [0.4, 0.5) is 38.0 Å². The van der Waals surface area contributed by atoms with Crippen molar-refractivity contribution in [2.24, 2.45) is 0 Å². The standard InChI is InChI=1S/C21H25F6N7O4/c1-2-13(31-14-9-30-32-17(36)16(14)21(25,26)27)10-38-11-15(35)18(37)33-3-5-34(6-4-33)19-28-7-12(8-29-19)20(22,23)24/h7-9,13,15,35H,2-6,10-11H2,1H3,(H2,31,32,36)/t13-,15?/m0/s1. The van der Waals surface area contributed by atoms with Crippen molar-refractivity contribution < 1.29 is 41.0 Å². The predicted molar refractivity (Wildman–Crippen MR) is 120 cm³/mol. The lowest BCUT2D eigenvalue weighted by molar-refractivity contribution is -0.144. The number of piperazine rings is 1. The van der Waals surface area contributed by atoms with Crippen molar-refractivity contribution in [3.05, 3.63) is 40.1 Å². The molecule has 3 rings (SSSR count). The van der Waals surface area contributed by atoms with Gasteiger partial charge in [-0.1, -0.05) is 6.92 Å². The van der Waals surface area contributed by atoms with Gasteiger partial charge in [-0.15, -0.1) is 0 Å². The number of aromatic nitrogens is 4. The highest BCUT2D eigenvalue weighted by atomic mass is 19.4. The van der Waals surface area contributed by atoms with E-state index in [0.29, 0.717) is 18.8 Å². The summed E-state index contributed by atoms with van der Waals surface area (Å²) in [5.74, 6) is -0.562. The topological polar surface area (TPSA) is 137 Å². The lowest BCUT2D eigenvalue weighted by Gasteiger charge is -2.35. The summed E-state index contributed by atoms with van der Waals surface area (Å²) in [6.45, 7) is 1.79. The average Bonchev–Trinajstić information content (AvgIpc) is 2.86. The van der Waals surface area contributed by atoms with Crippen LogP contribution in [0, 0.1) is 0 Å². The van der Waals surface area contributed by atoms with Gasteiger partial charge < -0.3 is 25.0 Å². The Morgan fingerprint density at radius 2 is 1.71 bits per heavy atom. The molecule has 1 amide bonds. The molecular formula is C21H25F6N7O4. The molecule has 1 fully saturated rings. The molecule has 0 aliphatic carbocycles. The van der Waals surface area contributed by atoms with Crippen LogP contribution in [-0.2, 0) is 21.9 Å². The minimum atomic E-state index is -4.91. The van der Waals surface area contributed by atoms with Crippen LogP contribution in [0.25, 0.3) is 0 Å². The maximum Gasteiger partial charge on any atom is 0.423 e. The van der Waals surface area contributed by atoms with Gasteiger partial charge in [0.15, 0.2) is 6.10 Å². The smallest absolute Gasteiger partial charge is 0.381 e. The molecule has 1 aliphatic heterocycles. The summed E-state index contributed by atoms with van der Waals surface area (Å²) in [7, 11) is 0. The summed E-state index contributed by atoms with van der Waals surface area (Å²) < 4.78 is 83.0. The number of alkyl halides is 6. The molecule has 2 aromatic rings. The fraction of sp³-hybridized carbons (Fsp3) is 0.571. The van der Waals surface area contributed by atoms with E-state index in [9.17, 15) is 41.0 Å². The first kappa shape index (κ1) is 29.1. The van der Waals surface area contributed by atoms with E-state index in [1.54, 1.807) is 16.9 Å². The molecule has 0 bridgehead atoms. The number of aliphatic hydroxyl groups is 1. The Morgan fingerprint density at radius 1 is 1.08 bits per heavy atom. The second-order valence-electron chi connectivity index (χ2n) is 8.37. The second kappa shape index (κ2) is 11.9. The average molecular weight is 553 g/mol.